The van der Waals surface area contributed by atoms with Crippen LogP contribution in [0.25, 0.3) is 0 Å². The summed E-state index contributed by atoms with van der Waals surface area (Å²) >= 11 is 0. The first-order chi connectivity index (χ1) is 22.1. The van der Waals surface area contributed by atoms with E-state index in [1.807, 2.05) is 83.5 Å². The number of benzene rings is 2. The van der Waals surface area contributed by atoms with Gasteiger partial charge in [0.15, 0.2) is 4.90 Å². The lowest BCUT2D eigenvalue weighted by atomic mass is 9.76. The molecule has 13 nitrogen and oxygen atoms in total. The lowest BCUT2D eigenvalue weighted by Crippen LogP contribution is -2.61. The Morgan fingerprint density at radius 3 is 2.06 bits per heavy atom. The number of hydrogen-bond acceptors (Lipinski definition) is 9. The monoisotopic (exact) mass is 687 g/mol. The van der Waals surface area contributed by atoms with Gasteiger partial charge in [-0.2, -0.15) is 0 Å². The maximum absolute atomic E-state index is 14.1. The standard InChI is InChI=1S/C34H49N5O8S/c1-21(2)25(19-22(3)30(40)37-48(45,46)27-18-17-24(47-11)20-26(27)39(43)44)38(10)32(42)29(33(4,5)6)36-31(41)28(35-9)34(7,8)23-15-13-12-14-16-23/h12-21,25,28-29,35H,1-11H3,(H,36,41)(H,37,40). The number of nitrogens with one attached hydrogen (secondary N) is 3. The zero-order valence-electron chi connectivity index (χ0n) is 29.6. The van der Waals surface area contributed by atoms with Gasteiger partial charge in [0, 0.05) is 18.0 Å². The summed E-state index contributed by atoms with van der Waals surface area (Å²) < 4.78 is 33.0. The zero-order chi connectivity index (χ0) is 36.8. The third-order valence-corrected chi connectivity index (χ3v) is 9.70. The van der Waals surface area contributed by atoms with Crippen LogP contribution in [0.3, 0.4) is 0 Å². The molecule has 3 atom stereocenters. The van der Waals surface area contributed by atoms with Gasteiger partial charge < -0.3 is 20.3 Å². The van der Waals surface area contributed by atoms with Crippen molar-refractivity contribution in [3.63, 3.8) is 0 Å². The van der Waals surface area contributed by atoms with Gasteiger partial charge in [0.05, 0.1) is 30.2 Å². The quantitative estimate of drug-likeness (QED) is 0.151. The molecule has 0 spiro atoms. The average Bonchev–Trinajstić information content (AvgIpc) is 3.00. The van der Waals surface area contributed by atoms with Crippen molar-refractivity contribution in [3.05, 3.63) is 75.9 Å². The molecule has 3 amide bonds. The number of hydrogen-bond donors (Lipinski definition) is 3. The van der Waals surface area contributed by atoms with E-state index in [0.717, 1.165) is 17.7 Å². The van der Waals surface area contributed by atoms with Crippen LogP contribution in [0.5, 0.6) is 5.75 Å². The maximum atomic E-state index is 14.1. The Kier molecular flexibility index (Phi) is 13.1. The lowest BCUT2D eigenvalue weighted by Gasteiger charge is -2.40. The van der Waals surface area contributed by atoms with Gasteiger partial charge in [0.25, 0.3) is 21.6 Å². The SMILES string of the molecule is CNC(C(=O)NC(C(=O)N(C)C(C=C(C)C(=O)NS(=O)(=O)c1ccc(OC)cc1[N+](=O)[O-])C(C)C)C(C)(C)C)C(C)(C)c1ccccc1. The van der Waals surface area contributed by atoms with Gasteiger partial charge in [-0.05, 0) is 43.0 Å². The van der Waals surface area contributed by atoms with E-state index in [1.54, 1.807) is 14.1 Å². The number of carbonyl (C=O) groups excluding carboxylic acids is 3. The highest BCUT2D eigenvalue weighted by atomic mass is 32.2. The molecule has 0 heterocycles. The first kappa shape index (κ1) is 39.9. The number of amides is 3. The fourth-order valence-corrected chi connectivity index (χ4v) is 6.58. The summed E-state index contributed by atoms with van der Waals surface area (Å²) in [6.45, 7) is 14.4. The maximum Gasteiger partial charge on any atom is 0.293 e. The van der Waals surface area contributed by atoms with Crippen LogP contribution in [0.1, 0.15) is 61.0 Å². The van der Waals surface area contributed by atoms with Gasteiger partial charge in [-0.25, -0.2) is 13.1 Å². The Labute approximate surface area is 283 Å². The van der Waals surface area contributed by atoms with Crippen molar-refractivity contribution in [3.8, 4) is 5.75 Å². The smallest absolute Gasteiger partial charge is 0.293 e. The summed E-state index contributed by atoms with van der Waals surface area (Å²) in [6.07, 6.45) is 1.46. The van der Waals surface area contributed by atoms with Crippen LogP contribution in [0.4, 0.5) is 5.69 Å². The third kappa shape index (κ3) is 9.41. The molecule has 0 fully saturated rings. The molecule has 0 aliphatic heterocycles. The molecule has 2 aromatic carbocycles. The first-order valence-corrected chi connectivity index (χ1v) is 17.0. The molecule has 0 bridgehead atoms. The predicted octanol–water partition coefficient (Wildman–Crippen LogP) is 3.93. The van der Waals surface area contributed by atoms with Gasteiger partial charge in [-0.1, -0.05) is 84.9 Å². The topological polar surface area (TPSA) is 177 Å². The predicted molar refractivity (Wildman–Crippen MR) is 184 cm³/mol. The van der Waals surface area contributed by atoms with Crippen LogP contribution >= 0.6 is 0 Å². The lowest BCUT2D eigenvalue weighted by molar-refractivity contribution is -0.387. The van der Waals surface area contributed by atoms with Crippen molar-refractivity contribution in [1.29, 1.82) is 0 Å². The van der Waals surface area contributed by atoms with Gasteiger partial charge in [-0.3, -0.25) is 24.5 Å². The fourth-order valence-electron chi connectivity index (χ4n) is 5.41. The molecule has 48 heavy (non-hydrogen) atoms. The van der Waals surface area contributed by atoms with E-state index < -0.39 is 66.3 Å². The highest BCUT2D eigenvalue weighted by Crippen LogP contribution is 2.30. The van der Waals surface area contributed by atoms with Gasteiger partial charge in [0.1, 0.15) is 11.8 Å². The molecule has 264 valence electrons. The summed E-state index contributed by atoms with van der Waals surface area (Å²) in [7, 11) is -0.135. The largest absolute Gasteiger partial charge is 0.497 e. The fraction of sp³-hybridized carbons (Fsp3) is 0.500. The second-order valence-electron chi connectivity index (χ2n) is 13.7. The molecule has 0 radical (unpaired) electrons. The van der Waals surface area contributed by atoms with Gasteiger partial charge in [0.2, 0.25) is 11.8 Å². The van der Waals surface area contributed by atoms with Crippen molar-refractivity contribution >= 4 is 33.4 Å². The average molecular weight is 688 g/mol. The molecule has 2 aromatic rings. The molecule has 2 rings (SSSR count). The van der Waals surface area contributed by atoms with E-state index in [4.69, 9.17) is 4.74 Å². The molecule has 14 heteroatoms. The zero-order valence-corrected chi connectivity index (χ0v) is 30.4. The van der Waals surface area contributed by atoms with Crippen LogP contribution in [-0.4, -0.2) is 75.3 Å². The van der Waals surface area contributed by atoms with Gasteiger partial charge >= 0.3 is 0 Å². The van der Waals surface area contributed by atoms with Gasteiger partial charge in [-0.15, -0.1) is 0 Å². The molecule has 0 aliphatic carbocycles. The summed E-state index contributed by atoms with van der Waals surface area (Å²) in [5, 5.41) is 17.6. The van der Waals surface area contributed by atoms with Crippen LogP contribution in [0.2, 0.25) is 0 Å². The summed E-state index contributed by atoms with van der Waals surface area (Å²) in [5.74, 6) is -1.96. The van der Waals surface area contributed by atoms with E-state index in [9.17, 15) is 32.9 Å². The molecular weight excluding hydrogens is 638 g/mol. The molecule has 0 aliphatic rings. The molecule has 3 N–H and O–H groups in total. The van der Waals surface area contributed by atoms with Crippen molar-refractivity contribution in [1.82, 2.24) is 20.3 Å². The summed E-state index contributed by atoms with van der Waals surface area (Å²) in [6, 6.07) is 10.4. The van der Waals surface area contributed by atoms with E-state index in [-0.39, 0.29) is 23.1 Å². The van der Waals surface area contributed by atoms with Crippen molar-refractivity contribution in [2.75, 3.05) is 21.2 Å². The number of likely N-dealkylation sites (N-methyl/N-ethyl adjacent to an activating group) is 2. The van der Waals surface area contributed by atoms with E-state index in [0.29, 0.717) is 0 Å². The molecular formula is C34H49N5O8S. The third-order valence-electron chi connectivity index (χ3n) is 8.33. The Morgan fingerprint density at radius 2 is 1.58 bits per heavy atom. The molecule has 0 saturated carbocycles. The highest BCUT2D eigenvalue weighted by molar-refractivity contribution is 7.90. The number of nitro groups is 1. The van der Waals surface area contributed by atoms with E-state index in [1.165, 1.54) is 31.1 Å². The Bertz CT molecular complexity index is 1630. The minimum Gasteiger partial charge on any atom is -0.497 e. The number of nitro benzene ring substituents is 1. The minimum atomic E-state index is -4.66. The number of methoxy groups -OCH3 is 1. The van der Waals surface area contributed by atoms with E-state index >= 15 is 0 Å². The molecule has 3 unspecified atom stereocenters. The Morgan fingerprint density at radius 1 is 1.00 bits per heavy atom. The van der Waals surface area contributed by atoms with Crippen molar-refractivity contribution in [2.24, 2.45) is 11.3 Å². The minimum absolute atomic E-state index is 0.0377. The number of ether oxygens (including phenoxy) is 1. The molecule has 0 aromatic heterocycles. The van der Waals surface area contributed by atoms with Crippen LogP contribution in [0, 0.1) is 21.4 Å². The second-order valence-corrected chi connectivity index (χ2v) is 15.3. The normalized spacial score (nSPS) is 14.5. The van der Waals surface area contributed by atoms with Crippen LogP contribution in [-0.2, 0) is 29.8 Å². The van der Waals surface area contributed by atoms with Crippen molar-refractivity contribution < 1.29 is 32.5 Å². The first-order valence-electron chi connectivity index (χ1n) is 15.5. The van der Waals surface area contributed by atoms with Crippen LogP contribution < -0.4 is 20.1 Å². The van der Waals surface area contributed by atoms with E-state index in [2.05, 4.69) is 10.6 Å². The summed E-state index contributed by atoms with van der Waals surface area (Å²) in [4.78, 5) is 52.4. The van der Waals surface area contributed by atoms with Crippen LogP contribution in [0.15, 0.2) is 65.1 Å². The van der Waals surface area contributed by atoms with Crippen molar-refractivity contribution in [2.45, 2.75) is 83.8 Å². The highest BCUT2D eigenvalue weighted by Gasteiger charge is 2.41. The number of rotatable bonds is 14. The Hall–Kier alpha value is -4.30. The number of nitrogens with zero attached hydrogens (tertiary/aromatic N) is 2. The second kappa shape index (κ2) is 15.7. The summed E-state index contributed by atoms with van der Waals surface area (Å²) in [5.41, 5.74) is -1.20. The molecule has 0 saturated heterocycles. The Balaban J connectivity index is 2.38. The number of carbonyl (C=O) groups is 3. The number of sulfonamides is 1.